The Bertz CT molecular complexity index is 1040. The van der Waals surface area contributed by atoms with Crippen LogP contribution in [0.25, 0.3) is 0 Å². The molecule has 0 amide bonds. The SMILES string of the molecule is CCCC/C=C\CCCCCCCC(=O)OCC(COC(=O)CCCCCCCCCCCCC/C=C\CCCCCCCCCC)OC(=O)CCCCCCCCCCCCCC. The van der Waals surface area contributed by atoms with Gasteiger partial charge in [-0.2, -0.15) is 0 Å². The molecule has 0 fully saturated rings. The Labute approximate surface area is 398 Å². The number of esters is 3. The molecule has 0 aromatic rings. The molecule has 64 heavy (non-hydrogen) atoms. The summed E-state index contributed by atoms with van der Waals surface area (Å²) in [5.41, 5.74) is 0. The molecule has 0 rings (SSSR count). The molecule has 6 heteroatoms. The largest absolute Gasteiger partial charge is 0.462 e. The second-order valence-corrected chi connectivity index (χ2v) is 19.2. The zero-order chi connectivity index (χ0) is 46.5. The number of unbranched alkanes of at least 4 members (excludes halogenated alkanes) is 37. The fourth-order valence-corrected chi connectivity index (χ4v) is 8.36. The average molecular weight is 901 g/mol. The summed E-state index contributed by atoms with van der Waals surface area (Å²) < 4.78 is 16.8. The van der Waals surface area contributed by atoms with Crippen LogP contribution >= 0.6 is 0 Å². The number of allylic oxidation sites excluding steroid dienone is 4. The van der Waals surface area contributed by atoms with Gasteiger partial charge in [0, 0.05) is 19.3 Å². The first kappa shape index (κ1) is 61.9. The predicted molar refractivity (Wildman–Crippen MR) is 275 cm³/mol. The Hall–Kier alpha value is -2.11. The fraction of sp³-hybridized carbons (Fsp3) is 0.879. The minimum Gasteiger partial charge on any atom is -0.462 e. The van der Waals surface area contributed by atoms with Gasteiger partial charge in [0.25, 0.3) is 0 Å². The van der Waals surface area contributed by atoms with E-state index in [2.05, 4.69) is 45.1 Å². The van der Waals surface area contributed by atoms with Crippen LogP contribution in [0, 0.1) is 0 Å². The van der Waals surface area contributed by atoms with Gasteiger partial charge in [-0.25, -0.2) is 0 Å². The van der Waals surface area contributed by atoms with E-state index in [-0.39, 0.29) is 31.1 Å². The molecule has 0 aromatic heterocycles. The zero-order valence-corrected chi connectivity index (χ0v) is 43.1. The lowest BCUT2D eigenvalue weighted by molar-refractivity contribution is -0.167. The molecule has 6 nitrogen and oxygen atoms in total. The van der Waals surface area contributed by atoms with E-state index in [0.717, 1.165) is 64.2 Å². The molecule has 0 aliphatic rings. The molecule has 0 spiro atoms. The van der Waals surface area contributed by atoms with Crippen LogP contribution in [-0.4, -0.2) is 37.2 Å². The summed E-state index contributed by atoms with van der Waals surface area (Å²) in [6.07, 6.45) is 61.8. The minimum absolute atomic E-state index is 0.0702. The first-order chi connectivity index (χ1) is 31.5. The Morgan fingerprint density at radius 2 is 0.531 bits per heavy atom. The summed E-state index contributed by atoms with van der Waals surface area (Å²) in [6, 6.07) is 0. The maximum Gasteiger partial charge on any atom is 0.306 e. The third-order valence-electron chi connectivity index (χ3n) is 12.7. The number of hydrogen-bond acceptors (Lipinski definition) is 6. The third-order valence-corrected chi connectivity index (χ3v) is 12.7. The summed E-state index contributed by atoms with van der Waals surface area (Å²) in [5.74, 6) is -0.865. The van der Waals surface area contributed by atoms with E-state index in [0.29, 0.717) is 19.3 Å². The fourth-order valence-electron chi connectivity index (χ4n) is 8.36. The zero-order valence-electron chi connectivity index (χ0n) is 43.1. The molecule has 1 unspecified atom stereocenters. The van der Waals surface area contributed by atoms with Crippen molar-refractivity contribution in [3.05, 3.63) is 24.3 Å². The van der Waals surface area contributed by atoms with E-state index < -0.39 is 6.10 Å². The topological polar surface area (TPSA) is 78.9 Å². The van der Waals surface area contributed by atoms with E-state index in [1.165, 1.54) is 205 Å². The van der Waals surface area contributed by atoms with Gasteiger partial charge in [0.15, 0.2) is 6.10 Å². The Morgan fingerprint density at radius 1 is 0.297 bits per heavy atom. The molecule has 0 aliphatic carbocycles. The van der Waals surface area contributed by atoms with Gasteiger partial charge in [0.1, 0.15) is 13.2 Å². The third kappa shape index (κ3) is 50.9. The normalized spacial score (nSPS) is 12.1. The van der Waals surface area contributed by atoms with Crippen LogP contribution in [0.3, 0.4) is 0 Å². The van der Waals surface area contributed by atoms with Crippen LogP contribution in [0.4, 0.5) is 0 Å². The van der Waals surface area contributed by atoms with Crippen LogP contribution in [0.2, 0.25) is 0 Å². The number of carbonyl (C=O) groups is 3. The number of rotatable bonds is 52. The van der Waals surface area contributed by atoms with Crippen LogP contribution < -0.4 is 0 Å². The highest BCUT2D eigenvalue weighted by Gasteiger charge is 2.19. The second-order valence-electron chi connectivity index (χ2n) is 19.2. The maximum atomic E-state index is 12.8. The average Bonchev–Trinajstić information content (AvgIpc) is 3.29. The summed E-state index contributed by atoms with van der Waals surface area (Å²) in [6.45, 7) is 6.62. The number of carbonyl (C=O) groups excluding carboxylic acids is 3. The van der Waals surface area contributed by atoms with Crippen LogP contribution in [-0.2, 0) is 28.6 Å². The summed E-state index contributed by atoms with van der Waals surface area (Å²) >= 11 is 0. The highest BCUT2D eigenvalue weighted by atomic mass is 16.6. The van der Waals surface area contributed by atoms with Crippen molar-refractivity contribution >= 4 is 17.9 Å². The summed E-state index contributed by atoms with van der Waals surface area (Å²) in [7, 11) is 0. The molecule has 0 N–H and O–H groups in total. The molecule has 0 saturated carbocycles. The van der Waals surface area contributed by atoms with Crippen molar-refractivity contribution in [2.24, 2.45) is 0 Å². The Kier molecular flexibility index (Phi) is 51.7. The molecule has 1 atom stereocenters. The van der Waals surface area contributed by atoms with Crippen molar-refractivity contribution in [1.29, 1.82) is 0 Å². The van der Waals surface area contributed by atoms with Gasteiger partial charge in [-0.05, 0) is 64.2 Å². The van der Waals surface area contributed by atoms with Crippen molar-refractivity contribution in [1.82, 2.24) is 0 Å². The van der Waals surface area contributed by atoms with E-state index in [4.69, 9.17) is 14.2 Å². The molecule has 0 aliphatic heterocycles. The van der Waals surface area contributed by atoms with Gasteiger partial charge in [-0.1, -0.05) is 251 Å². The van der Waals surface area contributed by atoms with Crippen LogP contribution in [0.15, 0.2) is 24.3 Å². The molecule has 0 aromatic carbocycles. The minimum atomic E-state index is -0.769. The van der Waals surface area contributed by atoms with Crippen molar-refractivity contribution in [3.8, 4) is 0 Å². The van der Waals surface area contributed by atoms with Crippen LogP contribution in [0.1, 0.15) is 310 Å². The lowest BCUT2D eigenvalue weighted by Gasteiger charge is -2.18. The molecule has 376 valence electrons. The lowest BCUT2D eigenvalue weighted by atomic mass is 10.0. The van der Waals surface area contributed by atoms with E-state index in [1.54, 1.807) is 0 Å². The molecular weight excluding hydrogens is 793 g/mol. The molecule has 0 heterocycles. The van der Waals surface area contributed by atoms with Gasteiger partial charge in [-0.15, -0.1) is 0 Å². The van der Waals surface area contributed by atoms with E-state index in [9.17, 15) is 14.4 Å². The number of ether oxygens (including phenoxy) is 3. The van der Waals surface area contributed by atoms with Gasteiger partial charge >= 0.3 is 17.9 Å². The second kappa shape index (κ2) is 53.5. The van der Waals surface area contributed by atoms with Crippen molar-refractivity contribution < 1.29 is 28.6 Å². The van der Waals surface area contributed by atoms with E-state index >= 15 is 0 Å². The Balaban J connectivity index is 4.20. The highest BCUT2D eigenvalue weighted by molar-refractivity contribution is 5.71. The van der Waals surface area contributed by atoms with Crippen molar-refractivity contribution in [2.75, 3.05) is 13.2 Å². The highest BCUT2D eigenvalue weighted by Crippen LogP contribution is 2.16. The lowest BCUT2D eigenvalue weighted by Crippen LogP contribution is -2.30. The first-order valence-electron chi connectivity index (χ1n) is 28.3. The van der Waals surface area contributed by atoms with Crippen molar-refractivity contribution in [2.45, 2.75) is 316 Å². The van der Waals surface area contributed by atoms with Gasteiger partial charge in [-0.3, -0.25) is 14.4 Å². The molecule has 0 saturated heterocycles. The quantitative estimate of drug-likeness (QED) is 0.0262. The van der Waals surface area contributed by atoms with Gasteiger partial charge in [0.2, 0.25) is 0 Å². The maximum absolute atomic E-state index is 12.8. The van der Waals surface area contributed by atoms with Gasteiger partial charge in [0.05, 0.1) is 0 Å². The standard InChI is InChI=1S/C58H108O6/c1-4-7-10-13-16-19-22-24-25-26-27-28-29-30-31-32-33-34-37-39-42-45-48-51-57(60)63-54-55(53-62-56(59)50-47-44-41-38-35-21-18-15-12-9-6-3)64-58(61)52-49-46-43-40-36-23-20-17-14-11-8-5-2/h15,18,26-27,55H,4-14,16-17,19-25,28-54H2,1-3H3/b18-15-,27-26-. The number of hydrogen-bond donors (Lipinski definition) is 0. The monoisotopic (exact) mass is 901 g/mol. The Morgan fingerprint density at radius 3 is 0.828 bits per heavy atom. The van der Waals surface area contributed by atoms with Crippen LogP contribution in [0.5, 0.6) is 0 Å². The van der Waals surface area contributed by atoms with Gasteiger partial charge < -0.3 is 14.2 Å². The van der Waals surface area contributed by atoms with E-state index in [1.807, 2.05) is 0 Å². The smallest absolute Gasteiger partial charge is 0.306 e. The predicted octanol–water partition coefficient (Wildman–Crippen LogP) is 18.7. The van der Waals surface area contributed by atoms with Crippen molar-refractivity contribution in [3.63, 3.8) is 0 Å². The summed E-state index contributed by atoms with van der Waals surface area (Å²) in [5, 5.41) is 0. The molecule has 0 radical (unpaired) electrons. The molecule has 0 bridgehead atoms. The summed E-state index contributed by atoms with van der Waals surface area (Å²) in [4.78, 5) is 38.0. The first-order valence-corrected chi connectivity index (χ1v) is 28.3. The molecular formula is C58H108O6.